The maximum absolute atomic E-state index is 12.7. The first-order valence-corrected chi connectivity index (χ1v) is 7.25. The van der Waals surface area contributed by atoms with Crippen molar-refractivity contribution in [1.29, 1.82) is 0 Å². The van der Waals surface area contributed by atoms with Crippen molar-refractivity contribution < 1.29 is 9.53 Å². The van der Waals surface area contributed by atoms with Gasteiger partial charge in [0.05, 0.1) is 12.7 Å². The van der Waals surface area contributed by atoms with Crippen molar-refractivity contribution in [2.24, 2.45) is 0 Å². The van der Waals surface area contributed by atoms with Gasteiger partial charge in [0.25, 0.3) is 5.91 Å². The molecule has 3 rings (SSSR count). The second-order valence-corrected chi connectivity index (χ2v) is 5.81. The van der Waals surface area contributed by atoms with Gasteiger partial charge in [-0.2, -0.15) is 0 Å². The first-order chi connectivity index (χ1) is 10.5. The number of carbonyl (C=O) groups is 1. The molecular formula is C18H20N2O2. The van der Waals surface area contributed by atoms with Crippen LogP contribution in [0.15, 0.2) is 36.4 Å². The molecule has 1 aliphatic rings. The normalized spacial score (nSPS) is 13.3. The van der Waals surface area contributed by atoms with E-state index < -0.39 is 0 Å². The van der Waals surface area contributed by atoms with Gasteiger partial charge in [0.1, 0.15) is 5.75 Å². The molecule has 0 bridgehead atoms. The fourth-order valence-corrected chi connectivity index (χ4v) is 2.85. The number of nitrogens with zero attached hydrogens (tertiary/aromatic N) is 2. The zero-order valence-electron chi connectivity index (χ0n) is 13.4. The molecule has 2 aromatic rings. The smallest absolute Gasteiger partial charge is 0.254 e. The Morgan fingerprint density at radius 2 is 1.77 bits per heavy atom. The molecule has 0 spiro atoms. The molecule has 0 radical (unpaired) electrons. The molecule has 0 unspecified atom stereocenters. The zero-order chi connectivity index (χ0) is 15.9. The van der Waals surface area contributed by atoms with Crippen LogP contribution in [0.3, 0.4) is 0 Å². The largest absolute Gasteiger partial charge is 0.497 e. The van der Waals surface area contributed by atoms with Crippen LogP contribution in [0.2, 0.25) is 0 Å². The van der Waals surface area contributed by atoms with Crippen molar-refractivity contribution in [3.8, 4) is 16.9 Å². The quantitative estimate of drug-likeness (QED) is 0.854. The molecular weight excluding hydrogens is 276 g/mol. The summed E-state index contributed by atoms with van der Waals surface area (Å²) >= 11 is 0. The number of ether oxygens (including phenoxy) is 1. The summed E-state index contributed by atoms with van der Waals surface area (Å²) in [6.07, 6.45) is 0. The third-order valence-corrected chi connectivity index (χ3v) is 4.11. The van der Waals surface area contributed by atoms with Gasteiger partial charge in [-0.1, -0.05) is 6.07 Å². The van der Waals surface area contributed by atoms with Crippen molar-refractivity contribution in [3.63, 3.8) is 0 Å². The molecule has 0 N–H and O–H groups in total. The Morgan fingerprint density at radius 1 is 1.05 bits per heavy atom. The van der Waals surface area contributed by atoms with Crippen molar-refractivity contribution in [3.05, 3.63) is 47.5 Å². The number of carbonyl (C=O) groups excluding carboxylic acids is 1. The molecule has 0 fully saturated rings. The van der Waals surface area contributed by atoms with Crippen LogP contribution in [0, 0.1) is 0 Å². The van der Waals surface area contributed by atoms with Gasteiger partial charge in [-0.15, -0.1) is 0 Å². The SMILES string of the molecule is COc1ccc2c(c1)C(=O)N(C)Cc1cc(N(C)C)ccc1-2. The van der Waals surface area contributed by atoms with E-state index in [1.807, 2.05) is 39.3 Å². The van der Waals surface area contributed by atoms with Gasteiger partial charge in [-0.3, -0.25) is 4.79 Å². The number of rotatable bonds is 2. The summed E-state index contributed by atoms with van der Waals surface area (Å²) in [4.78, 5) is 16.5. The summed E-state index contributed by atoms with van der Waals surface area (Å²) in [5, 5.41) is 0. The molecule has 1 heterocycles. The lowest BCUT2D eigenvalue weighted by molar-refractivity contribution is 0.0788. The summed E-state index contributed by atoms with van der Waals surface area (Å²) in [7, 11) is 7.49. The Bertz CT molecular complexity index is 738. The number of hydrogen-bond acceptors (Lipinski definition) is 3. The Balaban J connectivity index is 2.23. The molecule has 4 nitrogen and oxygen atoms in total. The Labute approximate surface area is 130 Å². The van der Waals surface area contributed by atoms with E-state index in [0.717, 1.165) is 22.4 Å². The second kappa shape index (κ2) is 5.37. The second-order valence-electron chi connectivity index (χ2n) is 5.81. The van der Waals surface area contributed by atoms with E-state index in [-0.39, 0.29) is 5.91 Å². The molecule has 0 aliphatic carbocycles. The highest BCUT2D eigenvalue weighted by molar-refractivity contribution is 6.02. The van der Waals surface area contributed by atoms with E-state index in [1.54, 1.807) is 12.0 Å². The van der Waals surface area contributed by atoms with Crippen LogP contribution in [0.5, 0.6) is 5.75 Å². The minimum absolute atomic E-state index is 0.0245. The van der Waals surface area contributed by atoms with Crippen LogP contribution in [-0.2, 0) is 6.54 Å². The fraction of sp³-hybridized carbons (Fsp3) is 0.278. The van der Waals surface area contributed by atoms with Gasteiger partial charge in [0, 0.05) is 33.4 Å². The summed E-state index contributed by atoms with van der Waals surface area (Å²) in [5.41, 5.74) is 5.07. The summed E-state index contributed by atoms with van der Waals surface area (Å²) in [6.45, 7) is 0.604. The van der Waals surface area contributed by atoms with E-state index >= 15 is 0 Å². The molecule has 0 saturated carbocycles. The van der Waals surface area contributed by atoms with Gasteiger partial charge in [-0.05, 0) is 47.0 Å². The van der Waals surface area contributed by atoms with E-state index in [1.165, 1.54) is 0 Å². The average molecular weight is 296 g/mol. The monoisotopic (exact) mass is 296 g/mol. The van der Waals surface area contributed by atoms with Gasteiger partial charge in [0.15, 0.2) is 0 Å². The summed E-state index contributed by atoms with van der Waals surface area (Å²) in [5.74, 6) is 0.727. The van der Waals surface area contributed by atoms with Gasteiger partial charge in [-0.25, -0.2) is 0 Å². The molecule has 0 aromatic heterocycles. The van der Waals surface area contributed by atoms with Crippen LogP contribution >= 0.6 is 0 Å². The predicted octanol–water partition coefficient (Wildman–Crippen LogP) is 3.01. The first kappa shape index (κ1) is 14.4. The Kier molecular flexibility index (Phi) is 3.53. The highest BCUT2D eigenvalue weighted by atomic mass is 16.5. The third-order valence-electron chi connectivity index (χ3n) is 4.11. The van der Waals surface area contributed by atoms with E-state index in [0.29, 0.717) is 17.9 Å². The van der Waals surface area contributed by atoms with Crippen LogP contribution in [0.4, 0.5) is 5.69 Å². The van der Waals surface area contributed by atoms with Crippen molar-refractivity contribution in [1.82, 2.24) is 4.90 Å². The third kappa shape index (κ3) is 2.30. The lowest BCUT2D eigenvalue weighted by Crippen LogP contribution is -2.25. The van der Waals surface area contributed by atoms with Crippen LogP contribution in [0.1, 0.15) is 15.9 Å². The van der Waals surface area contributed by atoms with E-state index in [4.69, 9.17) is 4.74 Å². The lowest BCUT2D eigenvalue weighted by Gasteiger charge is -2.18. The maximum atomic E-state index is 12.7. The van der Waals surface area contributed by atoms with Crippen LogP contribution in [-0.4, -0.2) is 39.1 Å². The highest BCUT2D eigenvalue weighted by Crippen LogP contribution is 2.35. The molecule has 114 valence electrons. The number of methoxy groups -OCH3 is 1. The molecule has 22 heavy (non-hydrogen) atoms. The van der Waals surface area contributed by atoms with Gasteiger partial charge >= 0.3 is 0 Å². The molecule has 2 aromatic carbocycles. The number of benzene rings is 2. The van der Waals surface area contributed by atoms with Crippen LogP contribution < -0.4 is 9.64 Å². The number of anilines is 1. The Hall–Kier alpha value is -2.49. The van der Waals surface area contributed by atoms with E-state index in [9.17, 15) is 4.79 Å². The number of hydrogen-bond donors (Lipinski definition) is 0. The van der Waals surface area contributed by atoms with Crippen molar-refractivity contribution >= 4 is 11.6 Å². The first-order valence-electron chi connectivity index (χ1n) is 7.25. The van der Waals surface area contributed by atoms with Gasteiger partial charge < -0.3 is 14.5 Å². The topological polar surface area (TPSA) is 32.8 Å². The fourth-order valence-electron chi connectivity index (χ4n) is 2.85. The Morgan fingerprint density at radius 3 is 2.45 bits per heavy atom. The van der Waals surface area contributed by atoms with E-state index in [2.05, 4.69) is 23.1 Å². The standard InChI is InChI=1S/C18H20N2O2/c1-19(2)13-5-7-15-12(9-13)11-20(3)18(21)17-10-14(22-4)6-8-16(15)17/h5-10H,11H2,1-4H3. The molecule has 4 heteroatoms. The predicted molar refractivity (Wildman–Crippen MR) is 88.6 cm³/mol. The van der Waals surface area contributed by atoms with Gasteiger partial charge in [0.2, 0.25) is 0 Å². The highest BCUT2D eigenvalue weighted by Gasteiger charge is 2.24. The molecule has 1 amide bonds. The van der Waals surface area contributed by atoms with Crippen LogP contribution in [0.25, 0.3) is 11.1 Å². The maximum Gasteiger partial charge on any atom is 0.254 e. The number of fused-ring (bicyclic) bond motifs is 3. The minimum Gasteiger partial charge on any atom is -0.497 e. The summed E-state index contributed by atoms with van der Waals surface area (Å²) < 4.78 is 5.27. The molecule has 0 saturated heterocycles. The molecule has 0 atom stereocenters. The number of amides is 1. The molecule has 1 aliphatic heterocycles. The van der Waals surface area contributed by atoms with Crippen molar-refractivity contribution in [2.75, 3.05) is 33.2 Å². The van der Waals surface area contributed by atoms with Crippen molar-refractivity contribution in [2.45, 2.75) is 6.54 Å². The summed E-state index contributed by atoms with van der Waals surface area (Å²) in [6, 6.07) is 12.0. The minimum atomic E-state index is 0.0245. The zero-order valence-corrected chi connectivity index (χ0v) is 13.4. The average Bonchev–Trinajstić information content (AvgIpc) is 2.62. The lowest BCUT2D eigenvalue weighted by atomic mass is 9.96.